The van der Waals surface area contributed by atoms with E-state index in [0.29, 0.717) is 22.8 Å². The first kappa shape index (κ1) is 15.7. The second-order valence-electron chi connectivity index (χ2n) is 5.86. The van der Waals surface area contributed by atoms with Crippen molar-refractivity contribution in [2.75, 3.05) is 0 Å². The van der Waals surface area contributed by atoms with Crippen molar-refractivity contribution in [1.82, 2.24) is 20.6 Å². The van der Waals surface area contributed by atoms with Gasteiger partial charge in [-0.25, -0.2) is 0 Å². The Morgan fingerprint density at radius 2 is 2.00 bits per heavy atom. The topological polar surface area (TPSA) is 114 Å². The molecule has 1 amide bonds. The molecule has 124 valence electrons. The van der Waals surface area contributed by atoms with E-state index in [9.17, 15) is 9.90 Å². The van der Waals surface area contributed by atoms with Crippen molar-refractivity contribution in [3.63, 3.8) is 0 Å². The van der Waals surface area contributed by atoms with Crippen LogP contribution in [0.15, 0.2) is 39.4 Å². The third-order valence-electron chi connectivity index (χ3n) is 3.33. The normalized spacial score (nSPS) is 11.5. The van der Waals surface area contributed by atoms with Crippen LogP contribution < -0.4 is 5.32 Å². The number of nitrogens with zero attached hydrogens (tertiary/aromatic N) is 3. The Hall–Kier alpha value is -3.16. The number of hydrogen-bond donors (Lipinski definition) is 2. The van der Waals surface area contributed by atoms with E-state index in [1.807, 2.05) is 0 Å². The Morgan fingerprint density at radius 1 is 1.21 bits per heavy atom. The zero-order valence-electron chi connectivity index (χ0n) is 13.4. The van der Waals surface area contributed by atoms with Crippen LogP contribution in [0.4, 0.5) is 0 Å². The van der Waals surface area contributed by atoms with Crippen LogP contribution in [0.1, 0.15) is 26.6 Å². The maximum atomic E-state index is 11.3. The molecule has 0 aliphatic rings. The van der Waals surface area contributed by atoms with Crippen LogP contribution in [0.25, 0.3) is 22.9 Å². The second kappa shape index (κ2) is 5.80. The summed E-state index contributed by atoms with van der Waals surface area (Å²) in [5, 5.41) is 20.1. The molecule has 3 rings (SSSR count). The maximum Gasteiger partial charge on any atom is 0.280 e. The summed E-state index contributed by atoms with van der Waals surface area (Å²) in [6.07, 6.45) is 0. The largest absolute Gasteiger partial charge is 0.508 e. The van der Waals surface area contributed by atoms with E-state index < -0.39 is 5.54 Å². The Morgan fingerprint density at radius 3 is 2.71 bits per heavy atom. The first-order chi connectivity index (χ1) is 11.3. The van der Waals surface area contributed by atoms with E-state index >= 15 is 0 Å². The highest BCUT2D eigenvalue weighted by Crippen LogP contribution is 2.28. The van der Waals surface area contributed by atoms with E-state index in [1.54, 1.807) is 44.2 Å². The molecule has 0 saturated carbocycles. The van der Waals surface area contributed by atoms with Gasteiger partial charge in [0, 0.05) is 18.6 Å². The number of carbonyl (C=O) groups excluding carboxylic acids is 1. The van der Waals surface area contributed by atoms with Gasteiger partial charge < -0.3 is 19.5 Å². The van der Waals surface area contributed by atoms with Gasteiger partial charge in [0.15, 0.2) is 17.3 Å². The first-order valence-electron chi connectivity index (χ1n) is 7.24. The molecular weight excluding hydrogens is 312 g/mol. The van der Waals surface area contributed by atoms with Crippen LogP contribution in [-0.4, -0.2) is 26.3 Å². The molecule has 0 fully saturated rings. The number of rotatable bonds is 4. The monoisotopic (exact) mass is 328 g/mol. The average molecular weight is 328 g/mol. The summed E-state index contributed by atoms with van der Waals surface area (Å²) >= 11 is 0. The fourth-order valence-corrected chi connectivity index (χ4v) is 2.25. The number of carbonyl (C=O) groups is 1. The average Bonchev–Trinajstić information content (AvgIpc) is 3.15. The summed E-state index contributed by atoms with van der Waals surface area (Å²) in [6, 6.07) is 8.24. The molecule has 2 aromatic heterocycles. The molecule has 1 aromatic carbocycles. The molecule has 3 aromatic rings. The minimum atomic E-state index is -0.772. The molecule has 0 aliphatic carbocycles. The van der Waals surface area contributed by atoms with Crippen LogP contribution in [0.2, 0.25) is 0 Å². The summed E-state index contributed by atoms with van der Waals surface area (Å²) in [4.78, 5) is 15.5. The fourth-order valence-electron chi connectivity index (χ4n) is 2.25. The Kier molecular flexibility index (Phi) is 3.80. The summed E-state index contributed by atoms with van der Waals surface area (Å²) in [7, 11) is 0. The molecular formula is C16H16N4O4. The van der Waals surface area contributed by atoms with Crippen molar-refractivity contribution >= 4 is 5.91 Å². The van der Waals surface area contributed by atoms with Gasteiger partial charge in [-0.2, -0.15) is 4.98 Å². The fraction of sp³-hybridized carbons (Fsp3) is 0.250. The van der Waals surface area contributed by atoms with Gasteiger partial charge in [0.2, 0.25) is 5.91 Å². The number of benzene rings is 1. The van der Waals surface area contributed by atoms with Gasteiger partial charge in [-0.1, -0.05) is 22.4 Å². The number of hydrogen-bond acceptors (Lipinski definition) is 7. The lowest BCUT2D eigenvalue weighted by molar-refractivity contribution is -0.120. The van der Waals surface area contributed by atoms with Crippen LogP contribution in [0, 0.1) is 0 Å². The minimum absolute atomic E-state index is 0.127. The number of phenols is 1. The van der Waals surface area contributed by atoms with Crippen molar-refractivity contribution in [3.8, 4) is 28.7 Å². The predicted octanol–water partition coefficient (Wildman–Crippen LogP) is 2.47. The van der Waals surface area contributed by atoms with Crippen molar-refractivity contribution in [3.05, 3.63) is 36.2 Å². The molecule has 24 heavy (non-hydrogen) atoms. The molecule has 8 heteroatoms. The van der Waals surface area contributed by atoms with E-state index in [0.717, 1.165) is 0 Å². The standard InChI is InChI=1S/C16H16N4O4/c1-9(21)18-16(2,3)15-17-14(24-20-15)12-8-13(23-19-12)10-5-4-6-11(22)7-10/h4-8,22H,1-3H3,(H,18,21). The third kappa shape index (κ3) is 3.12. The maximum absolute atomic E-state index is 11.3. The summed E-state index contributed by atoms with van der Waals surface area (Å²) < 4.78 is 10.5. The highest BCUT2D eigenvalue weighted by atomic mass is 16.5. The van der Waals surface area contributed by atoms with Crippen molar-refractivity contribution in [2.24, 2.45) is 0 Å². The van der Waals surface area contributed by atoms with Crippen LogP contribution in [-0.2, 0) is 10.3 Å². The number of amides is 1. The van der Waals surface area contributed by atoms with Crippen LogP contribution in [0.5, 0.6) is 5.75 Å². The zero-order chi connectivity index (χ0) is 17.3. The van der Waals surface area contributed by atoms with Gasteiger partial charge in [-0.15, -0.1) is 0 Å². The lowest BCUT2D eigenvalue weighted by Gasteiger charge is -2.20. The molecule has 2 N–H and O–H groups in total. The summed E-state index contributed by atoms with van der Waals surface area (Å²) in [6.45, 7) is 4.95. The third-order valence-corrected chi connectivity index (χ3v) is 3.33. The number of aromatic nitrogens is 3. The molecule has 8 nitrogen and oxygen atoms in total. The van der Waals surface area contributed by atoms with Crippen molar-refractivity contribution in [1.29, 1.82) is 0 Å². The molecule has 0 unspecified atom stereocenters. The second-order valence-corrected chi connectivity index (χ2v) is 5.86. The molecule has 0 radical (unpaired) electrons. The van der Waals surface area contributed by atoms with Gasteiger partial charge in [0.25, 0.3) is 5.89 Å². The number of nitrogens with one attached hydrogen (secondary N) is 1. The highest BCUT2D eigenvalue weighted by Gasteiger charge is 2.28. The number of aromatic hydroxyl groups is 1. The van der Waals surface area contributed by atoms with Crippen LogP contribution in [0.3, 0.4) is 0 Å². The van der Waals surface area contributed by atoms with Crippen molar-refractivity contribution in [2.45, 2.75) is 26.3 Å². The first-order valence-corrected chi connectivity index (χ1v) is 7.24. The molecule has 0 bridgehead atoms. The molecule has 2 heterocycles. The summed E-state index contributed by atoms with van der Waals surface area (Å²) in [5.74, 6) is 0.900. The van der Waals surface area contributed by atoms with Crippen molar-refractivity contribution < 1.29 is 18.9 Å². The van der Waals surface area contributed by atoms with Gasteiger partial charge in [0.1, 0.15) is 5.75 Å². The van der Waals surface area contributed by atoms with Crippen LogP contribution >= 0.6 is 0 Å². The van der Waals surface area contributed by atoms with Gasteiger partial charge in [-0.05, 0) is 26.0 Å². The summed E-state index contributed by atoms with van der Waals surface area (Å²) in [5.41, 5.74) is 0.267. The van der Waals surface area contributed by atoms with E-state index in [4.69, 9.17) is 9.05 Å². The molecule has 0 aliphatic heterocycles. The Balaban J connectivity index is 1.88. The Bertz CT molecular complexity index is 882. The zero-order valence-corrected chi connectivity index (χ0v) is 13.4. The van der Waals surface area contributed by atoms with Gasteiger partial charge >= 0.3 is 0 Å². The van der Waals surface area contributed by atoms with Gasteiger partial charge in [0.05, 0.1) is 5.54 Å². The minimum Gasteiger partial charge on any atom is -0.508 e. The Labute approximate surface area is 137 Å². The number of phenolic OH excluding ortho intramolecular Hbond substituents is 1. The molecule has 0 atom stereocenters. The van der Waals surface area contributed by atoms with E-state index in [2.05, 4.69) is 20.6 Å². The molecule has 0 spiro atoms. The lowest BCUT2D eigenvalue weighted by atomic mass is 10.1. The smallest absolute Gasteiger partial charge is 0.280 e. The quantitative estimate of drug-likeness (QED) is 0.756. The lowest BCUT2D eigenvalue weighted by Crippen LogP contribution is -2.40. The van der Waals surface area contributed by atoms with E-state index in [1.165, 1.54) is 6.92 Å². The molecule has 0 saturated heterocycles. The highest BCUT2D eigenvalue weighted by molar-refractivity contribution is 5.73. The van der Waals surface area contributed by atoms with Gasteiger partial charge in [-0.3, -0.25) is 4.79 Å². The predicted molar refractivity (Wildman–Crippen MR) is 83.7 cm³/mol. The van der Waals surface area contributed by atoms with E-state index in [-0.39, 0.29) is 17.5 Å². The SMILES string of the molecule is CC(=O)NC(C)(C)c1noc(-c2cc(-c3cccc(O)c3)on2)n1.